The van der Waals surface area contributed by atoms with Crippen molar-refractivity contribution in [3.63, 3.8) is 0 Å². The fourth-order valence-corrected chi connectivity index (χ4v) is 4.85. The molecule has 0 rings (SSSR count). The Morgan fingerprint density at radius 3 is 1.51 bits per heavy atom. The van der Waals surface area contributed by atoms with Crippen molar-refractivity contribution < 1.29 is 9.53 Å². The highest BCUT2D eigenvalue weighted by molar-refractivity contribution is 5.69. The van der Waals surface area contributed by atoms with E-state index in [-0.39, 0.29) is 12.1 Å². The fraction of sp³-hybridized carbons (Fsp3) is 0.967. The summed E-state index contributed by atoms with van der Waals surface area (Å²) in [6.45, 7) is 5.44. The van der Waals surface area contributed by atoms with E-state index in [2.05, 4.69) is 35.9 Å². The first-order chi connectivity index (χ1) is 18.2. The van der Waals surface area contributed by atoms with Crippen molar-refractivity contribution in [2.45, 2.75) is 180 Å². The topological polar surface area (TPSA) is 100 Å². The number of hydrogen-bond donors (Lipinski definition) is 5. The van der Waals surface area contributed by atoms with Gasteiger partial charge in [0, 0.05) is 13.0 Å². The summed E-state index contributed by atoms with van der Waals surface area (Å²) in [5.74, 6) is 5.14. The van der Waals surface area contributed by atoms with Gasteiger partial charge in [-0.1, -0.05) is 129 Å². The maximum atomic E-state index is 12.5. The van der Waals surface area contributed by atoms with Crippen molar-refractivity contribution in [2.75, 3.05) is 6.54 Å². The Hall–Kier alpha value is -0.730. The molecule has 0 saturated heterocycles. The molecule has 0 fully saturated rings. The van der Waals surface area contributed by atoms with Gasteiger partial charge in [-0.2, -0.15) is 16.6 Å². The van der Waals surface area contributed by atoms with Gasteiger partial charge in [0.1, 0.15) is 6.10 Å². The second-order valence-corrected chi connectivity index (χ2v) is 10.8. The van der Waals surface area contributed by atoms with Gasteiger partial charge in [0.05, 0.1) is 0 Å². The Balaban J connectivity index is 3.96. The van der Waals surface area contributed by atoms with Crippen LogP contribution in [-0.4, -0.2) is 18.6 Å². The molecule has 0 bridgehead atoms. The lowest BCUT2D eigenvalue weighted by Crippen LogP contribution is -2.53. The Bertz CT molecular complexity index is 454. The molecule has 6 N–H and O–H groups in total. The van der Waals surface area contributed by atoms with Gasteiger partial charge >= 0.3 is 5.97 Å². The standard InChI is InChI=1S/C30H65N5O2/c1-3-5-7-9-13-17-21-25-29(37-30(36)27-23-19-14-10-8-6-4-2)26-22-18-15-11-12-16-20-24-28-32-34-35-33-31/h29,32-35H,3-28,31H2,1-2H3. The summed E-state index contributed by atoms with van der Waals surface area (Å²) in [7, 11) is 0. The van der Waals surface area contributed by atoms with Crippen LogP contribution in [0.5, 0.6) is 0 Å². The normalized spacial score (nSPS) is 12.2. The minimum Gasteiger partial charge on any atom is -0.462 e. The smallest absolute Gasteiger partial charge is 0.306 e. The molecular formula is C30H65N5O2. The predicted molar refractivity (Wildman–Crippen MR) is 158 cm³/mol. The number of hydrogen-bond acceptors (Lipinski definition) is 7. The van der Waals surface area contributed by atoms with E-state index in [9.17, 15) is 4.79 Å². The third-order valence-corrected chi connectivity index (χ3v) is 7.21. The minimum atomic E-state index is 0.0428. The maximum Gasteiger partial charge on any atom is 0.306 e. The highest BCUT2D eigenvalue weighted by Gasteiger charge is 2.14. The summed E-state index contributed by atoms with van der Waals surface area (Å²) in [6, 6.07) is 0. The molecule has 1 atom stereocenters. The molecule has 0 aromatic heterocycles. The van der Waals surface area contributed by atoms with Crippen LogP contribution in [0.15, 0.2) is 0 Å². The zero-order valence-electron chi connectivity index (χ0n) is 24.9. The molecule has 0 aromatic carbocycles. The predicted octanol–water partition coefficient (Wildman–Crippen LogP) is 7.67. The van der Waals surface area contributed by atoms with Crippen molar-refractivity contribution in [1.29, 1.82) is 0 Å². The number of ether oxygens (including phenoxy) is 1. The van der Waals surface area contributed by atoms with Crippen LogP contribution in [0.1, 0.15) is 174 Å². The Morgan fingerprint density at radius 1 is 0.595 bits per heavy atom. The zero-order chi connectivity index (χ0) is 27.1. The van der Waals surface area contributed by atoms with Crippen LogP contribution in [0, 0.1) is 0 Å². The van der Waals surface area contributed by atoms with Crippen molar-refractivity contribution in [3.8, 4) is 0 Å². The van der Waals surface area contributed by atoms with Gasteiger partial charge < -0.3 is 4.74 Å². The van der Waals surface area contributed by atoms with Gasteiger partial charge in [0.25, 0.3) is 0 Å². The minimum absolute atomic E-state index is 0.0428. The number of carbonyl (C=O) groups excluding carboxylic acids is 1. The van der Waals surface area contributed by atoms with E-state index in [0.717, 1.165) is 38.6 Å². The molecule has 0 spiro atoms. The molecule has 0 aromatic rings. The summed E-state index contributed by atoms with van der Waals surface area (Å²) in [5.41, 5.74) is 10.7. The molecule has 0 aliphatic rings. The maximum absolute atomic E-state index is 12.5. The average molecular weight is 528 g/mol. The van der Waals surface area contributed by atoms with Crippen molar-refractivity contribution in [2.24, 2.45) is 5.84 Å². The highest BCUT2D eigenvalue weighted by atomic mass is 16.5. The first-order valence-electron chi connectivity index (χ1n) is 16.1. The first-order valence-corrected chi connectivity index (χ1v) is 16.1. The number of unbranched alkanes of at least 4 members (excludes halogenated alkanes) is 19. The Labute approximate surface area is 230 Å². The third kappa shape index (κ3) is 29.7. The highest BCUT2D eigenvalue weighted by Crippen LogP contribution is 2.18. The molecule has 1 unspecified atom stereocenters. The number of esters is 1. The van der Waals surface area contributed by atoms with Gasteiger partial charge in [-0.25, -0.2) is 5.43 Å². The summed E-state index contributed by atoms with van der Waals surface area (Å²) >= 11 is 0. The molecule has 7 heteroatoms. The molecule has 0 radical (unpaired) electrons. The molecule has 0 heterocycles. The van der Waals surface area contributed by atoms with E-state index in [4.69, 9.17) is 10.6 Å². The van der Waals surface area contributed by atoms with Crippen LogP contribution >= 0.6 is 0 Å². The van der Waals surface area contributed by atoms with Crippen molar-refractivity contribution in [3.05, 3.63) is 0 Å². The van der Waals surface area contributed by atoms with Gasteiger partial charge in [-0.3, -0.25) is 10.6 Å². The zero-order valence-corrected chi connectivity index (χ0v) is 24.9. The van der Waals surface area contributed by atoms with Gasteiger partial charge in [-0.05, 0) is 38.5 Å². The molecule has 0 aliphatic carbocycles. The second kappa shape index (κ2) is 31.5. The molecule has 0 amide bonds. The van der Waals surface area contributed by atoms with E-state index in [1.54, 1.807) is 0 Å². The van der Waals surface area contributed by atoms with Crippen LogP contribution in [0.2, 0.25) is 0 Å². The summed E-state index contributed by atoms with van der Waals surface area (Å²) in [4.78, 5) is 12.5. The van der Waals surface area contributed by atoms with Crippen LogP contribution in [-0.2, 0) is 9.53 Å². The lowest BCUT2D eigenvalue weighted by atomic mass is 10.0. The van der Waals surface area contributed by atoms with E-state index >= 15 is 0 Å². The molecule has 0 saturated carbocycles. The number of nitrogens with two attached hydrogens (primary N) is 1. The van der Waals surface area contributed by atoms with Crippen molar-refractivity contribution >= 4 is 5.97 Å². The quantitative estimate of drug-likeness (QED) is 0.0273. The lowest BCUT2D eigenvalue weighted by Gasteiger charge is -2.18. The monoisotopic (exact) mass is 528 g/mol. The molecule has 37 heavy (non-hydrogen) atoms. The number of carbonyl (C=O) groups is 1. The van der Waals surface area contributed by atoms with Crippen molar-refractivity contribution in [1.82, 2.24) is 22.0 Å². The van der Waals surface area contributed by atoms with Crippen LogP contribution < -0.4 is 27.9 Å². The summed E-state index contributed by atoms with van der Waals surface area (Å²) < 4.78 is 5.98. The van der Waals surface area contributed by atoms with Crippen LogP contribution in [0.3, 0.4) is 0 Å². The average Bonchev–Trinajstić information content (AvgIpc) is 2.90. The Morgan fingerprint density at radius 2 is 1.03 bits per heavy atom. The SMILES string of the molecule is CCCCCCCCCC(=O)OC(CCCCCCCCC)CCCCCCCCCCNNNNN. The molecular weight excluding hydrogens is 462 g/mol. The molecule has 222 valence electrons. The van der Waals surface area contributed by atoms with E-state index in [1.807, 2.05) is 0 Å². The van der Waals surface area contributed by atoms with Crippen LogP contribution in [0.4, 0.5) is 0 Å². The van der Waals surface area contributed by atoms with E-state index in [0.29, 0.717) is 6.42 Å². The largest absolute Gasteiger partial charge is 0.462 e. The number of rotatable bonds is 31. The summed E-state index contributed by atoms with van der Waals surface area (Å²) in [5, 5.41) is 0. The lowest BCUT2D eigenvalue weighted by molar-refractivity contribution is -0.150. The van der Waals surface area contributed by atoms with E-state index in [1.165, 1.54) is 122 Å². The molecule has 0 aliphatic heterocycles. The number of hydrazine groups is 4. The van der Waals surface area contributed by atoms with Gasteiger partial charge in [0.2, 0.25) is 0 Å². The molecule has 7 nitrogen and oxygen atoms in total. The first kappa shape index (κ1) is 36.3. The Kier molecular flexibility index (Phi) is 30.9. The summed E-state index contributed by atoms with van der Waals surface area (Å²) in [6.07, 6.45) is 30.8. The van der Waals surface area contributed by atoms with E-state index < -0.39 is 0 Å². The van der Waals surface area contributed by atoms with Crippen LogP contribution in [0.25, 0.3) is 0 Å². The number of nitrogens with one attached hydrogen (secondary N) is 4. The second-order valence-electron chi connectivity index (χ2n) is 10.8. The fourth-order valence-electron chi connectivity index (χ4n) is 4.85. The van der Waals surface area contributed by atoms with Gasteiger partial charge in [-0.15, -0.1) is 0 Å². The van der Waals surface area contributed by atoms with Gasteiger partial charge in [0.15, 0.2) is 0 Å². The third-order valence-electron chi connectivity index (χ3n) is 7.21.